The van der Waals surface area contributed by atoms with Crippen molar-refractivity contribution in [2.75, 3.05) is 13.7 Å². The Hall–Kier alpha value is -0.360. The minimum Gasteiger partial charge on any atom is -0.391 e. The second-order valence-corrected chi connectivity index (χ2v) is 3.16. The second kappa shape index (κ2) is 4.61. The average Bonchev–Trinajstić information content (AvgIpc) is 1.97. The van der Waals surface area contributed by atoms with E-state index in [2.05, 4.69) is 5.32 Å². The minimum absolute atomic E-state index is 0.106. The van der Waals surface area contributed by atoms with Crippen LogP contribution in [0.4, 0.5) is 13.2 Å². The van der Waals surface area contributed by atoms with E-state index in [0.29, 0.717) is 5.70 Å². The number of nitrogens with one attached hydrogen (secondary N) is 1. The van der Waals surface area contributed by atoms with Crippen molar-refractivity contribution >= 4 is 11.8 Å². The van der Waals surface area contributed by atoms with Crippen molar-refractivity contribution in [3.05, 3.63) is 10.6 Å². The van der Waals surface area contributed by atoms with Crippen LogP contribution in [0, 0.1) is 0 Å². The first-order valence-electron chi connectivity index (χ1n) is 3.14. The Morgan fingerprint density at radius 1 is 1.50 bits per heavy atom. The lowest BCUT2D eigenvalue weighted by molar-refractivity contribution is -0.0324. The number of hydrogen-bond acceptors (Lipinski definition) is 3. The monoisotopic (exact) mass is 201 g/mol. The molecule has 0 saturated carbocycles. The van der Waals surface area contributed by atoms with Crippen LogP contribution in [0.3, 0.4) is 0 Å². The first-order valence-corrected chi connectivity index (χ1v) is 3.96. The van der Waals surface area contributed by atoms with Gasteiger partial charge in [0.25, 0.3) is 0 Å². The van der Waals surface area contributed by atoms with Crippen LogP contribution in [0.15, 0.2) is 10.6 Å². The molecule has 0 aromatic rings. The SMILES string of the molecule is CN/C(C)=C(/CO)SC(F)(F)F. The number of halogens is 3. The van der Waals surface area contributed by atoms with E-state index in [4.69, 9.17) is 5.11 Å². The Labute approximate surface area is 72.8 Å². The zero-order valence-corrected chi connectivity index (χ0v) is 7.51. The molecule has 72 valence electrons. The summed E-state index contributed by atoms with van der Waals surface area (Å²) in [6.07, 6.45) is 0. The summed E-state index contributed by atoms with van der Waals surface area (Å²) in [6, 6.07) is 0. The van der Waals surface area contributed by atoms with Crippen LogP contribution in [-0.2, 0) is 0 Å². The number of thioether (sulfide) groups is 1. The zero-order chi connectivity index (χ0) is 9.78. The lowest BCUT2D eigenvalue weighted by atomic mass is 10.4. The number of aliphatic hydroxyl groups is 1. The Bertz CT molecular complexity index is 178. The number of alkyl halides is 3. The molecule has 0 aliphatic carbocycles. The predicted octanol–water partition coefficient (Wildman–Crippen LogP) is 1.68. The summed E-state index contributed by atoms with van der Waals surface area (Å²) in [5, 5.41) is 11.1. The smallest absolute Gasteiger partial charge is 0.391 e. The molecule has 0 bridgehead atoms. The molecule has 0 rings (SSSR count). The van der Waals surface area contributed by atoms with Crippen LogP contribution in [0.2, 0.25) is 0 Å². The van der Waals surface area contributed by atoms with Crippen molar-refractivity contribution in [3.8, 4) is 0 Å². The lowest BCUT2D eigenvalue weighted by Gasteiger charge is -2.10. The topological polar surface area (TPSA) is 32.3 Å². The molecule has 0 aromatic heterocycles. The second-order valence-electron chi connectivity index (χ2n) is 2.00. The quantitative estimate of drug-likeness (QED) is 0.728. The van der Waals surface area contributed by atoms with Crippen LogP contribution >= 0.6 is 11.8 Å². The molecule has 0 saturated heterocycles. The third-order valence-electron chi connectivity index (χ3n) is 1.18. The number of allylic oxidation sites excluding steroid dienone is 1. The van der Waals surface area contributed by atoms with E-state index in [-0.39, 0.29) is 16.7 Å². The van der Waals surface area contributed by atoms with Crippen molar-refractivity contribution in [1.29, 1.82) is 0 Å². The molecular weight excluding hydrogens is 191 g/mol. The van der Waals surface area contributed by atoms with Gasteiger partial charge in [-0.25, -0.2) is 0 Å². The molecule has 0 heterocycles. The lowest BCUT2D eigenvalue weighted by Crippen LogP contribution is -2.10. The number of rotatable bonds is 3. The van der Waals surface area contributed by atoms with Gasteiger partial charge in [-0.2, -0.15) is 13.2 Å². The van der Waals surface area contributed by atoms with Crippen LogP contribution in [-0.4, -0.2) is 24.3 Å². The summed E-state index contributed by atoms with van der Waals surface area (Å²) in [7, 11) is 1.50. The highest BCUT2D eigenvalue weighted by Gasteiger charge is 2.30. The predicted molar refractivity (Wildman–Crippen MR) is 42.5 cm³/mol. The van der Waals surface area contributed by atoms with E-state index < -0.39 is 12.1 Å². The van der Waals surface area contributed by atoms with Crippen LogP contribution < -0.4 is 5.32 Å². The molecule has 0 fully saturated rings. The minimum atomic E-state index is -4.34. The number of aliphatic hydroxyl groups excluding tert-OH is 1. The molecule has 0 aromatic carbocycles. The summed E-state index contributed by atoms with van der Waals surface area (Å²) >= 11 is -0.298. The molecule has 0 atom stereocenters. The van der Waals surface area contributed by atoms with Crippen LogP contribution in [0.25, 0.3) is 0 Å². The molecule has 2 nitrogen and oxygen atoms in total. The van der Waals surface area contributed by atoms with E-state index in [1.54, 1.807) is 0 Å². The van der Waals surface area contributed by atoms with E-state index >= 15 is 0 Å². The van der Waals surface area contributed by atoms with Crippen LogP contribution in [0.1, 0.15) is 6.92 Å². The standard InChI is InChI=1S/C6H10F3NOS/c1-4(10-2)5(3-11)12-6(7,8)9/h10-11H,3H2,1-2H3/b5-4-. The number of hydrogen-bond donors (Lipinski definition) is 2. The van der Waals surface area contributed by atoms with Gasteiger partial charge in [0.15, 0.2) is 0 Å². The Kier molecular flexibility index (Phi) is 4.47. The first kappa shape index (κ1) is 11.6. The van der Waals surface area contributed by atoms with Crippen LogP contribution in [0.5, 0.6) is 0 Å². The van der Waals surface area contributed by atoms with Gasteiger partial charge in [-0.1, -0.05) is 0 Å². The molecule has 0 spiro atoms. The zero-order valence-electron chi connectivity index (χ0n) is 6.70. The Morgan fingerprint density at radius 3 is 2.25 bits per heavy atom. The van der Waals surface area contributed by atoms with Crippen molar-refractivity contribution < 1.29 is 18.3 Å². The summed E-state index contributed by atoms with van der Waals surface area (Å²) in [6.45, 7) is 0.876. The van der Waals surface area contributed by atoms with E-state index in [9.17, 15) is 13.2 Å². The van der Waals surface area contributed by atoms with Gasteiger partial charge in [-0.3, -0.25) is 0 Å². The van der Waals surface area contributed by atoms with Gasteiger partial charge in [0.05, 0.1) is 6.61 Å². The van der Waals surface area contributed by atoms with Gasteiger partial charge in [0, 0.05) is 17.6 Å². The van der Waals surface area contributed by atoms with Gasteiger partial charge in [-0.05, 0) is 18.7 Å². The molecule has 0 unspecified atom stereocenters. The summed E-state index contributed by atoms with van der Waals surface area (Å²) in [5.41, 5.74) is -4.00. The molecular formula is C6H10F3NOS. The molecule has 0 radical (unpaired) electrons. The van der Waals surface area contributed by atoms with Crippen molar-refractivity contribution in [3.63, 3.8) is 0 Å². The highest BCUT2D eigenvalue weighted by molar-refractivity contribution is 8.03. The highest BCUT2D eigenvalue weighted by atomic mass is 32.2. The normalized spacial score (nSPS) is 14.2. The first-order chi connectivity index (χ1) is 5.40. The van der Waals surface area contributed by atoms with Gasteiger partial charge in [-0.15, -0.1) is 0 Å². The van der Waals surface area contributed by atoms with E-state index in [0.717, 1.165) is 0 Å². The Morgan fingerprint density at radius 2 is 2.00 bits per heavy atom. The maximum absolute atomic E-state index is 11.8. The van der Waals surface area contributed by atoms with Crippen molar-refractivity contribution in [1.82, 2.24) is 5.32 Å². The molecule has 0 aliphatic rings. The maximum Gasteiger partial charge on any atom is 0.446 e. The van der Waals surface area contributed by atoms with Gasteiger partial charge >= 0.3 is 5.51 Å². The van der Waals surface area contributed by atoms with E-state index in [1.807, 2.05) is 0 Å². The largest absolute Gasteiger partial charge is 0.446 e. The molecule has 0 amide bonds. The fourth-order valence-corrected chi connectivity index (χ4v) is 1.11. The molecule has 2 N–H and O–H groups in total. The third kappa shape index (κ3) is 4.50. The Balaban J connectivity index is 4.38. The van der Waals surface area contributed by atoms with Gasteiger partial charge < -0.3 is 10.4 Å². The molecule has 12 heavy (non-hydrogen) atoms. The maximum atomic E-state index is 11.8. The fraction of sp³-hybridized carbons (Fsp3) is 0.667. The molecule has 6 heteroatoms. The fourth-order valence-electron chi connectivity index (χ4n) is 0.507. The highest BCUT2D eigenvalue weighted by Crippen LogP contribution is 2.36. The van der Waals surface area contributed by atoms with Crippen molar-refractivity contribution in [2.24, 2.45) is 0 Å². The average molecular weight is 201 g/mol. The molecule has 0 aliphatic heterocycles. The van der Waals surface area contributed by atoms with Gasteiger partial charge in [0.1, 0.15) is 0 Å². The third-order valence-corrected chi connectivity index (χ3v) is 2.09. The van der Waals surface area contributed by atoms with Crippen molar-refractivity contribution in [2.45, 2.75) is 12.4 Å². The van der Waals surface area contributed by atoms with Gasteiger partial charge in [0.2, 0.25) is 0 Å². The summed E-state index contributed by atoms with van der Waals surface area (Å²) in [4.78, 5) is -0.106. The summed E-state index contributed by atoms with van der Waals surface area (Å²) in [5.74, 6) is 0. The summed E-state index contributed by atoms with van der Waals surface area (Å²) < 4.78 is 35.3. The van der Waals surface area contributed by atoms with E-state index in [1.165, 1.54) is 14.0 Å².